The number of nitrogens with zero attached hydrogens (tertiary/aromatic N) is 6. The zero-order valence-electron chi connectivity index (χ0n) is 20.2. The molecule has 0 unspecified atom stereocenters. The SMILES string of the molecule is COc1cc(C=NNc2cc(N(C)C)nc(N(C)C)n2)ccc1OS(=O)(=O)c1ccccc1[N+](=O)[O-]. The van der Waals surface area contributed by atoms with Crippen molar-refractivity contribution in [2.75, 3.05) is 50.5 Å². The molecule has 1 N–H and O–H groups in total. The molecule has 1 heterocycles. The number of hydrazone groups is 1. The lowest BCUT2D eigenvalue weighted by molar-refractivity contribution is -0.387. The summed E-state index contributed by atoms with van der Waals surface area (Å²) in [5.74, 6) is 1.61. The summed E-state index contributed by atoms with van der Waals surface area (Å²) in [7, 11) is 4.22. The van der Waals surface area contributed by atoms with E-state index in [-0.39, 0.29) is 11.5 Å². The first-order chi connectivity index (χ1) is 17.0. The normalized spacial score (nSPS) is 11.2. The van der Waals surface area contributed by atoms with Crippen molar-refractivity contribution in [2.45, 2.75) is 4.90 Å². The van der Waals surface area contributed by atoms with Crippen LogP contribution >= 0.6 is 0 Å². The first-order valence-electron chi connectivity index (χ1n) is 10.4. The Morgan fingerprint density at radius 2 is 1.75 bits per heavy atom. The predicted octanol–water partition coefficient (Wildman–Crippen LogP) is 2.74. The topological polar surface area (TPSA) is 152 Å². The van der Waals surface area contributed by atoms with Gasteiger partial charge in [-0.15, -0.1) is 0 Å². The van der Waals surface area contributed by atoms with Crippen LogP contribution in [0.3, 0.4) is 0 Å². The minimum absolute atomic E-state index is 0.0907. The maximum Gasteiger partial charge on any atom is 0.346 e. The average molecular weight is 516 g/mol. The lowest BCUT2D eigenvalue weighted by atomic mass is 10.2. The van der Waals surface area contributed by atoms with Crippen LogP contribution in [0, 0.1) is 10.1 Å². The van der Waals surface area contributed by atoms with E-state index in [1.807, 2.05) is 33.1 Å². The van der Waals surface area contributed by atoms with E-state index in [0.717, 1.165) is 12.1 Å². The standard InChI is InChI=1S/C22H25N7O6S/c1-27(2)21-13-20(24-22(25-21)28(3)4)26-23-14-15-10-11-17(18(12-15)34-5)35-36(32,33)19-9-7-6-8-16(19)29(30)31/h6-14H,1-5H3,(H,24,25,26). The van der Waals surface area contributed by atoms with Crippen LogP contribution in [0.1, 0.15) is 5.56 Å². The summed E-state index contributed by atoms with van der Waals surface area (Å²) >= 11 is 0. The molecule has 0 atom stereocenters. The number of hydrogen-bond donors (Lipinski definition) is 1. The van der Waals surface area contributed by atoms with Gasteiger partial charge in [-0.1, -0.05) is 12.1 Å². The van der Waals surface area contributed by atoms with Gasteiger partial charge in [-0.25, -0.2) is 0 Å². The molecule has 0 aliphatic heterocycles. The molecule has 0 aliphatic rings. The Morgan fingerprint density at radius 1 is 1.03 bits per heavy atom. The Labute approximate surface area is 208 Å². The molecule has 1 aromatic heterocycles. The Bertz CT molecular complexity index is 1370. The third kappa shape index (κ3) is 6.15. The number of hydrogen-bond acceptors (Lipinski definition) is 12. The monoisotopic (exact) mass is 515 g/mol. The average Bonchev–Trinajstić information content (AvgIpc) is 2.84. The number of para-hydroxylation sites is 1. The number of aromatic nitrogens is 2. The van der Waals surface area contributed by atoms with E-state index in [2.05, 4.69) is 20.5 Å². The number of nitrogens with one attached hydrogen (secondary N) is 1. The van der Waals surface area contributed by atoms with E-state index in [4.69, 9.17) is 8.92 Å². The fourth-order valence-corrected chi connectivity index (χ4v) is 4.00. The zero-order chi connectivity index (χ0) is 26.5. The summed E-state index contributed by atoms with van der Waals surface area (Å²) in [5.41, 5.74) is 2.81. The molecule has 3 rings (SSSR count). The highest BCUT2D eigenvalue weighted by atomic mass is 32.2. The number of methoxy groups -OCH3 is 1. The quantitative estimate of drug-likeness (QED) is 0.183. The van der Waals surface area contributed by atoms with E-state index in [1.54, 1.807) is 17.0 Å². The smallest absolute Gasteiger partial charge is 0.346 e. The van der Waals surface area contributed by atoms with Crippen LogP contribution in [-0.2, 0) is 10.1 Å². The van der Waals surface area contributed by atoms with Crippen LogP contribution in [0.2, 0.25) is 0 Å². The lowest BCUT2D eigenvalue weighted by Gasteiger charge is -2.17. The molecule has 0 spiro atoms. The van der Waals surface area contributed by atoms with Crippen LogP contribution < -0.4 is 24.1 Å². The fourth-order valence-electron chi connectivity index (χ4n) is 2.90. The van der Waals surface area contributed by atoms with Gasteiger partial charge in [0.2, 0.25) is 5.95 Å². The molecular weight excluding hydrogens is 490 g/mol. The Hall–Kier alpha value is -4.46. The van der Waals surface area contributed by atoms with Crippen LogP contribution in [-0.4, -0.2) is 64.8 Å². The molecule has 36 heavy (non-hydrogen) atoms. The van der Waals surface area contributed by atoms with Crippen molar-refractivity contribution in [1.82, 2.24) is 9.97 Å². The maximum atomic E-state index is 12.7. The predicted molar refractivity (Wildman–Crippen MR) is 136 cm³/mol. The fraction of sp³-hybridized carbons (Fsp3) is 0.227. The van der Waals surface area contributed by atoms with Gasteiger partial charge in [-0.2, -0.15) is 23.5 Å². The Balaban J connectivity index is 1.82. The molecule has 190 valence electrons. The highest BCUT2D eigenvalue weighted by Crippen LogP contribution is 2.32. The van der Waals surface area contributed by atoms with Gasteiger partial charge in [-0.05, 0) is 29.8 Å². The summed E-state index contributed by atoms with van der Waals surface area (Å²) in [6.45, 7) is 0. The van der Waals surface area contributed by atoms with Gasteiger partial charge >= 0.3 is 10.1 Å². The second kappa shape index (κ2) is 10.9. The van der Waals surface area contributed by atoms with E-state index in [9.17, 15) is 18.5 Å². The Morgan fingerprint density at radius 3 is 2.39 bits per heavy atom. The van der Waals surface area contributed by atoms with Crippen molar-refractivity contribution >= 4 is 39.6 Å². The van der Waals surface area contributed by atoms with Crippen molar-refractivity contribution in [3.05, 3.63) is 64.2 Å². The maximum absolute atomic E-state index is 12.7. The first-order valence-corrected chi connectivity index (χ1v) is 11.8. The summed E-state index contributed by atoms with van der Waals surface area (Å²) < 4.78 is 35.9. The van der Waals surface area contributed by atoms with Crippen molar-refractivity contribution < 1.29 is 22.3 Å². The zero-order valence-corrected chi connectivity index (χ0v) is 21.1. The third-order valence-corrected chi connectivity index (χ3v) is 5.95. The van der Waals surface area contributed by atoms with Crippen LogP contribution in [0.15, 0.2) is 58.5 Å². The number of benzene rings is 2. The number of anilines is 3. The van der Waals surface area contributed by atoms with Crippen molar-refractivity contribution in [1.29, 1.82) is 0 Å². The summed E-state index contributed by atoms with van der Waals surface area (Å²) in [4.78, 5) is 22.3. The van der Waals surface area contributed by atoms with Crippen molar-refractivity contribution in [3.8, 4) is 11.5 Å². The van der Waals surface area contributed by atoms with Gasteiger partial charge in [0.05, 0.1) is 18.2 Å². The molecule has 2 aromatic carbocycles. The number of nitro groups is 1. The van der Waals surface area contributed by atoms with Gasteiger partial charge in [0.1, 0.15) is 5.82 Å². The second-order valence-corrected chi connectivity index (χ2v) is 9.26. The van der Waals surface area contributed by atoms with Gasteiger partial charge in [0.15, 0.2) is 22.2 Å². The second-order valence-electron chi connectivity index (χ2n) is 7.74. The van der Waals surface area contributed by atoms with Gasteiger partial charge in [0, 0.05) is 40.3 Å². The molecule has 0 bridgehead atoms. The van der Waals surface area contributed by atoms with E-state index in [0.29, 0.717) is 23.1 Å². The van der Waals surface area contributed by atoms with E-state index < -0.39 is 25.6 Å². The molecule has 0 aliphatic carbocycles. The third-order valence-electron chi connectivity index (χ3n) is 4.67. The molecular formula is C22H25N7O6S. The minimum atomic E-state index is -4.50. The molecule has 3 aromatic rings. The molecule has 0 saturated carbocycles. The molecule has 0 amide bonds. The molecule has 14 heteroatoms. The summed E-state index contributed by atoms with van der Waals surface area (Å²) in [6, 6.07) is 11.1. The highest BCUT2D eigenvalue weighted by molar-refractivity contribution is 7.87. The number of rotatable bonds is 10. The number of nitro benzene ring substituents is 1. The van der Waals surface area contributed by atoms with E-state index >= 15 is 0 Å². The van der Waals surface area contributed by atoms with Crippen LogP contribution in [0.25, 0.3) is 0 Å². The van der Waals surface area contributed by atoms with Crippen LogP contribution in [0.5, 0.6) is 11.5 Å². The summed E-state index contributed by atoms with van der Waals surface area (Å²) in [5, 5.41) is 15.4. The van der Waals surface area contributed by atoms with Gasteiger partial charge in [0.25, 0.3) is 5.69 Å². The van der Waals surface area contributed by atoms with Gasteiger partial charge < -0.3 is 18.7 Å². The Kier molecular flexibility index (Phi) is 7.89. The van der Waals surface area contributed by atoms with E-state index in [1.165, 1.54) is 37.6 Å². The minimum Gasteiger partial charge on any atom is -0.493 e. The molecule has 0 fully saturated rings. The molecule has 0 radical (unpaired) electrons. The van der Waals surface area contributed by atoms with Crippen LogP contribution in [0.4, 0.5) is 23.3 Å². The largest absolute Gasteiger partial charge is 0.493 e. The van der Waals surface area contributed by atoms with Crippen molar-refractivity contribution in [2.24, 2.45) is 5.10 Å². The molecule has 13 nitrogen and oxygen atoms in total. The summed E-state index contributed by atoms with van der Waals surface area (Å²) in [6.07, 6.45) is 1.48. The molecule has 0 saturated heterocycles. The first kappa shape index (κ1) is 26.2. The van der Waals surface area contributed by atoms with Crippen molar-refractivity contribution in [3.63, 3.8) is 0 Å². The number of ether oxygens (including phenoxy) is 1. The highest BCUT2D eigenvalue weighted by Gasteiger charge is 2.28. The van der Waals surface area contributed by atoms with Gasteiger partial charge in [-0.3, -0.25) is 15.5 Å². The lowest BCUT2D eigenvalue weighted by Crippen LogP contribution is -2.17.